The van der Waals surface area contributed by atoms with Crippen molar-refractivity contribution in [3.05, 3.63) is 69.7 Å². The molecule has 1 amide bonds. The Morgan fingerprint density at radius 2 is 1.95 bits per heavy atom. The quantitative estimate of drug-likeness (QED) is 0.237. The molecule has 2 aromatic heterocycles. The Bertz CT molecular complexity index is 1690. The number of aryl methyl sites for hydroxylation is 1. The van der Waals surface area contributed by atoms with E-state index in [-0.39, 0.29) is 17.0 Å². The minimum absolute atomic E-state index is 0.124. The highest BCUT2D eigenvalue weighted by Crippen LogP contribution is 2.42. The number of nitrogens with one attached hydrogen (secondary N) is 1. The average molecular weight is 625 g/mol. The molecule has 2 heterocycles. The number of aromatic nitrogens is 2. The van der Waals surface area contributed by atoms with Gasteiger partial charge >= 0.3 is 15.5 Å². The number of halogens is 4. The van der Waals surface area contributed by atoms with Crippen molar-refractivity contribution in [2.45, 2.75) is 44.7 Å². The minimum Gasteiger partial charge on any atom is -0.455 e. The zero-order chi connectivity index (χ0) is 28.1. The molecule has 0 atom stereocenters. The molecule has 1 fully saturated rings. The molecule has 0 bridgehead atoms. The molecular weight excluding hydrogens is 601 g/mol. The van der Waals surface area contributed by atoms with Crippen molar-refractivity contribution in [2.75, 3.05) is 4.72 Å². The van der Waals surface area contributed by atoms with Gasteiger partial charge in [-0.1, -0.05) is 25.1 Å². The Morgan fingerprint density at radius 1 is 1.23 bits per heavy atom. The Morgan fingerprint density at radius 3 is 2.59 bits per heavy atom. The highest BCUT2D eigenvalue weighted by molar-refractivity contribution is 9.10. The fourth-order valence-electron chi connectivity index (χ4n) is 4.55. The van der Waals surface area contributed by atoms with Crippen LogP contribution in [0.25, 0.3) is 22.3 Å². The van der Waals surface area contributed by atoms with Gasteiger partial charge in [0.25, 0.3) is 5.91 Å². The predicted octanol–water partition coefficient (Wildman–Crippen LogP) is 5.98. The van der Waals surface area contributed by atoms with Crippen LogP contribution in [0.4, 0.5) is 18.9 Å². The summed E-state index contributed by atoms with van der Waals surface area (Å²) in [5.41, 5.74) is 2.48. The van der Waals surface area contributed by atoms with E-state index >= 15 is 0 Å². The highest BCUT2D eigenvalue weighted by Gasteiger charge is 2.46. The van der Waals surface area contributed by atoms with Gasteiger partial charge in [-0.2, -0.15) is 21.6 Å². The van der Waals surface area contributed by atoms with Crippen molar-refractivity contribution in [3.63, 3.8) is 0 Å². The molecule has 0 spiro atoms. The first-order chi connectivity index (χ1) is 18.4. The molecule has 1 saturated carbocycles. The van der Waals surface area contributed by atoms with Crippen molar-refractivity contribution in [1.82, 2.24) is 9.55 Å². The smallest absolute Gasteiger partial charge is 0.455 e. The van der Waals surface area contributed by atoms with Crippen molar-refractivity contribution in [1.29, 1.82) is 0 Å². The van der Waals surface area contributed by atoms with E-state index in [1.54, 1.807) is 16.9 Å². The number of furan rings is 1. The number of imidazole rings is 1. The molecule has 0 aliphatic heterocycles. The number of rotatable bonds is 9. The van der Waals surface area contributed by atoms with Crippen molar-refractivity contribution in [2.24, 2.45) is 11.7 Å². The molecule has 13 heteroatoms. The number of hydrogen-bond donors (Lipinski definition) is 2. The second-order valence-electron chi connectivity index (χ2n) is 9.45. The number of hydrogen-bond acceptors (Lipinski definition) is 5. The van der Waals surface area contributed by atoms with Crippen LogP contribution in [0.15, 0.2) is 51.4 Å². The monoisotopic (exact) mass is 624 g/mol. The first kappa shape index (κ1) is 27.3. The van der Waals surface area contributed by atoms with E-state index in [9.17, 15) is 26.4 Å². The fraction of sp³-hybridized carbons (Fsp3) is 0.308. The Labute approximate surface area is 230 Å². The maximum atomic E-state index is 13.0. The molecule has 5 rings (SSSR count). The van der Waals surface area contributed by atoms with Crippen molar-refractivity contribution >= 4 is 48.5 Å². The number of fused-ring (bicyclic) bond motifs is 1. The maximum absolute atomic E-state index is 13.0. The summed E-state index contributed by atoms with van der Waals surface area (Å²) in [5.74, 6) is 0.890. The lowest BCUT2D eigenvalue weighted by Gasteiger charge is -2.13. The van der Waals surface area contributed by atoms with E-state index in [0.29, 0.717) is 52.1 Å². The van der Waals surface area contributed by atoms with Crippen LogP contribution in [0.5, 0.6) is 0 Å². The van der Waals surface area contributed by atoms with Crippen LogP contribution in [0.1, 0.15) is 47.3 Å². The van der Waals surface area contributed by atoms with Gasteiger partial charge in [0.1, 0.15) is 17.1 Å². The third-order valence-electron chi connectivity index (χ3n) is 6.60. The first-order valence-electron chi connectivity index (χ1n) is 12.2. The lowest BCUT2D eigenvalue weighted by Crippen LogP contribution is -2.30. The van der Waals surface area contributed by atoms with Crippen LogP contribution in [-0.2, 0) is 29.4 Å². The van der Waals surface area contributed by atoms with Crippen LogP contribution >= 0.6 is 15.9 Å². The van der Waals surface area contributed by atoms with E-state index in [1.807, 2.05) is 23.6 Å². The number of benzene rings is 2. The molecule has 1 aliphatic rings. The van der Waals surface area contributed by atoms with E-state index < -0.39 is 21.4 Å². The van der Waals surface area contributed by atoms with Gasteiger partial charge in [-0.25, -0.2) is 4.98 Å². The topological polar surface area (TPSA) is 120 Å². The molecule has 39 heavy (non-hydrogen) atoms. The van der Waals surface area contributed by atoms with Crippen molar-refractivity contribution < 1.29 is 30.8 Å². The molecule has 0 saturated heterocycles. The number of primary amides is 1. The third-order valence-corrected chi connectivity index (χ3v) is 8.49. The molecule has 3 N–H and O–H groups in total. The zero-order valence-corrected chi connectivity index (χ0v) is 23.1. The number of sulfonamides is 1. The maximum Gasteiger partial charge on any atom is 0.516 e. The average Bonchev–Trinajstić information content (AvgIpc) is 3.53. The Kier molecular flexibility index (Phi) is 7.00. The van der Waals surface area contributed by atoms with Crippen LogP contribution in [-0.4, -0.2) is 29.4 Å². The van der Waals surface area contributed by atoms with Crippen LogP contribution in [0.2, 0.25) is 0 Å². The molecule has 2 aromatic carbocycles. The lowest BCUT2D eigenvalue weighted by atomic mass is 10.1. The largest absolute Gasteiger partial charge is 0.516 e. The highest BCUT2D eigenvalue weighted by atomic mass is 79.9. The molecular formula is C26H24BrF3N4O4S. The van der Waals surface area contributed by atoms with Gasteiger partial charge in [0.2, 0.25) is 0 Å². The standard InChI is InChI=1S/C26H24BrF3N4O4S/c1-2-21-32-19(12-14-7-8-14)23(25(31)35)34(21)13-15-9-10-20-17(11-15)22(27)24(38-20)16-5-3-4-6-18(16)33-39(36,37)26(28,29)30/h3-6,9-11,14,33H,2,7-8,12-13H2,1H3,(H2,31,35). The summed E-state index contributed by atoms with van der Waals surface area (Å²) >= 11 is 3.48. The summed E-state index contributed by atoms with van der Waals surface area (Å²) in [4.78, 5) is 17.1. The summed E-state index contributed by atoms with van der Waals surface area (Å²) in [6.45, 7) is 2.28. The predicted molar refractivity (Wildman–Crippen MR) is 144 cm³/mol. The van der Waals surface area contributed by atoms with Gasteiger partial charge in [-0.05, 0) is 70.9 Å². The number of alkyl halides is 3. The molecule has 8 nitrogen and oxygen atoms in total. The number of nitrogens with two attached hydrogens (primary N) is 1. The van der Waals surface area contributed by atoms with Gasteiger partial charge in [-0.3, -0.25) is 9.52 Å². The number of carbonyl (C=O) groups is 1. The van der Waals surface area contributed by atoms with Gasteiger partial charge in [-0.15, -0.1) is 0 Å². The van der Waals surface area contributed by atoms with Gasteiger partial charge in [0, 0.05) is 23.9 Å². The number of amides is 1. The fourth-order valence-corrected chi connectivity index (χ4v) is 5.74. The zero-order valence-electron chi connectivity index (χ0n) is 20.7. The number of carbonyl (C=O) groups excluding carboxylic acids is 1. The summed E-state index contributed by atoms with van der Waals surface area (Å²) in [6, 6.07) is 11.0. The molecule has 1 aliphatic carbocycles. The Hall–Kier alpha value is -3.32. The summed E-state index contributed by atoms with van der Waals surface area (Å²) in [5, 5.41) is 0.618. The first-order valence-corrected chi connectivity index (χ1v) is 14.4. The van der Waals surface area contributed by atoms with E-state index in [1.165, 1.54) is 18.2 Å². The summed E-state index contributed by atoms with van der Waals surface area (Å²) in [7, 11) is -5.64. The van der Waals surface area contributed by atoms with Crippen LogP contribution in [0, 0.1) is 5.92 Å². The molecule has 0 radical (unpaired) electrons. The van der Waals surface area contributed by atoms with Gasteiger partial charge in [0.15, 0.2) is 5.76 Å². The number of para-hydroxylation sites is 1. The van der Waals surface area contributed by atoms with Gasteiger partial charge < -0.3 is 14.7 Å². The van der Waals surface area contributed by atoms with E-state index in [4.69, 9.17) is 15.1 Å². The van der Waals surface area contributed by atoms with Crippen molar-refractivity contribution in [3.8, 4) is 11.3 Å². The minimum atomic E-state index is -5.64. The summed E-state index contributed by atoms with van der Waals surface area (Å²) in [6.07, 6.45) is 3.55. The van der Waals surface area contributed by atoms with Crippen LogP contribution < -0.4 is 10.5 Å². The lowest BCUT2D eigenvalue weighted by molar-refractivity contribution is -0.0429. The third kappa shape index (κ3) is 5.29. The van der Waals surface area contributed by atoms with E-state index in [2.05, 4.69) is 15.9 Å². The van der Waals surface area contributed by atoms with E-state index in [0.717, 1.165) is 24.2 Å². The number of nitrogens with zero attached hydrogens (tertiary/aromatic N) is 2. The second-order valence-corrected chi connectivity index (χ2v) is 11.9. The SMILES string of the molecule is CCc1nc(CC2CC2)c(C(N)=O)n1Cc1ccc2oc(-c3ccccc3NS(=O)(=O)C(F)(F)F)c(Br)c2c1. The van der Waals surface area contributed by atoms with Gasteiger partial charge in [0.05, 0.1) is 15.9 Å². The van der Waals surface area contributed by atoms with Crippen LogP contribution in [0.3, 0.4) is 0 Å². The molecule has 0 unspecified atom stereocenters. The normalized spacial score (nSPS) is 14.2. The Balaban J connectivity index is 1.53. The molecule has 206 valence electrons. The summed E-state index contributed by atoms with van der Waals surface area (Å²) < 4.78 is 72.3. The number of anilines is 1. The second kappa shape index (κ2) is 10.0. The molecule has 4 aromatic rings.